The minimum absolute atomic E-state index is 0.142. The fourth-order valence-electron chi connectivity index (χ4n) is 2.82. The summed E-state index contributed by atoms with van der Waals surface area (Å²) < 4.78 is 10.3. The van der Waals surface area contributed by atoms with Gasteiger partial charge >= 0.3 is 0 Å². The SMILES string of the molecule is COc1ccc(C(=O)[C]2[C](O)CCc3cc(OC)ccc32)cc1. The van der Waals surface area contributed by atoms with Gasteiger partial charge in [-0.05, 0) is 60.4 Å². The van der Waals surface area contributed by atoms with Crippen molar-refractivity contribution < 1.29 is 19.4 Å². The molecule has 0 saturated carbocycles. The number of hydrogen-bond donors (Lipinski definition) is 1. The lowest BCUT2D eigenvalue weighted by atomic mass is 9.77. The summed E-state index contributed by atoms with van der Waals surface area (Å²) in [5.74, 6) is 1.63. The fraction of sp³-hybridized carbons (Fsp3) is 0.211. The summed E-state index contributed by atoms with van der Waals surface area (Å²) in [5, 5.41) is 10.3. The molecule has 0 heterocycles. The van der Waals surface area contributed by atoms with Crippen LogP contribution in [0.15, 0.2) is 42.5 Å². The Labute approximate surface area is 135 Å². The first-order valence-electron chi connectivity index (χ1n) is 7.42. The predicted octanol–water partition coefficient (Wildman–Crippen LogP) is 3.36. The van der Waals surface area contributed by atoms with Crippen molar-refractivity contribution in [3.63, 3.8) is 0 Å². The molecule has 2 aromatic rings. The van der Waals surface area contributed by atoms with Crippen LogP contribution in [0.1, 0.15) is 27.9 Å². The molecule has 2 radical (unpaired) electrons. The first-order chi connectivity index (χ1) is 11.1. The lowest BCUT2D eigenvalue weighted by Gasteiger charge is -2.28. The maximum atomic E-state index is 12.8. The normalized spacial score (nSPS) is 15.1. The van der Waals surface area contributed by atoms with E-state index >= 15 is 0 Å². The molecule has 1 N–H and O–H groups in total. The first-order valence-corrected chi connectivity index (χ1v) is 7.42. The Hall–Kier alpha value is -2.33. The summed E-state index contributed by atoms with van der Waals surface area (Å²) in [7, 11) is 3.19. The highest BCUT2D eigenvalue weighted by Crippen LogP contribution is 2.39. The third kappa shape index (κ3) is 2.94. The summed E-state index contributed by atoms with van der Waals surface area (Å²) >= 11 is 0. The van der Waals surface area contributed by atoms with E-state index in [0.29, 0.717) is 30.1 Å². The van der Waals surface area contributed by atoms with Crippen molar-refractivity contribution in [1.82, 2.24) is 0 Å². The van der Waals surface area contributed by atoms with Gasteiger partial charge < -0.3 is 14.6 Å². The van der Waals surface area contributed by atoms with Crippen molar-refractivity contribution in [3.8, 4) is 11.5 Å². The first kappa shape index (κ1) is 15.6. The number of methoxy groups -OCH3 is 2. The lowest BCUT2D eigenvalue weighted by molar-refractivity contribution is 0.0987. The largest absolute Gasteiger partial charge is 0.497 e. The minimum Gasteiger partial charge on any atom is -0.497 e. The molecule has 0 spiro atoms. The van der Waals surface area contributed by atoms with Gasteiger partial charge in [-0.25, -0.2) is 0 Å². The number of aryl methyl sites for hydroxylation is 1. The van der Waals surface area contributed by atoms with Gasteiger partial charge in [0.2, 0.25) is 0 Å². The zero-order valence-electron chi connectivity index (χ0n) is 13.1. The van der Waals surface area contributed by atoms with E-state index in [2.05, 4.69) is 0 Å². The zero-order valence-corrected chi connectivity index (χ0v) is 13.1. The van der Waals surface area contributed by atoms with Gasteiger partial charge in [0.05, 0.1) is 14.2 Å². The Kier molecular flexibility index (Phi) is 4.35. The van der Waals surface area contributed by atoms with E-state index in [9.17, 15) is 9.90 Å². The van der Waals surface area contributed by atoms with Crippen molar-refractivity contribution in [2.45, 2.75) is 12.8 Å². The number of ether oxygens (including phenoxy) is 2. The van der Waals surface area contributed by atoms with Crippen LogP contribution in [0.3, 0.4) is 0 Å². The van der Waals surface area contributed by atoms with E-state index in [1.165, 1.54) is 0 Å². The van der Waals surface area contributed by atoms with E-state index in [-0.39, 0.29) is 11.9 Å². The molecule has 1 aliphatic rings. The zero-order chi connectivity index (χ0) is 16.4. The molecule has 0 unspecified atom stereocenters. The van der Waals surface area contributed by atoms with Gasteiger partial charge in [0.25, 0.3) is 0 Å². The van der Waals surface area contributed by atoms with Crippen LogP contribution in [-0.2, 0) is 6.42 Å². The molecule has 1 aliphatic carbocycles. The molecule has 0 aromatic heterocycles. The molecular formula is C19H18O4. The second-order valence-corrected chi connectivity index (χ2v) is 5.40. The molecule has 23 heavy (non-hydrogen) atoms. The molecule has 4 nitrogen and oxygen atoms in total. The van der Waals surface area contributed by atoms with Crippen molar-refractivity contribution in [3.05, 3.63) is 71.2 Å². The Bertz CT molecular complexity index is 706. The van der Waals surface area contributed by atoms with Crippen LogP contribution in [-0.4, -0.2) is 25.1 Å². The molecule has 0 amide bonds. The van der Waals surface area contributed by atoms with Crippen LogP contribution >= 0.6 is 0 Å². The number of rotatable bonds is 4. The van der Waals surface area contributed by atoms with Gasteiger partial charge in [0, 0.05) is 5.56 Å². The maximum Gasteiger partial charge on any atom is 0.177 e. The van der Waals surface area contributed by atoms with E-state index in [1.807, 2.05) is 12.1 Å². The molecule has 3 rings (SSSR count). The molecule has 0 bridgehead atoms. The van der Waals surface area contributed by atoms with Crippen LogP contribution in [0, 0.1) is 12.0 Å². The van der Waals surface area contributed by atoms with E-state index in [4.69, 9.17) is 9.47 Å². The molecule has 4 heteroatoms. The molecule has 2 aromatic carbocycles. The third-order valence-corrected chi connectivity index (χ3v) is 4.08. The van der Waals surface area contributed by atoms with Crippen LogP contribution in [0.25, 0.3) is 0 Å². The second kappa shape index (κ2) is 6.42. The molecule has 0 saturated heterocycles. The number of carbonyl (C=O) groups is 1. The lowest BCUT2D eigenvalue weighted by Crippen LogP contribution is -2.26. The summed E-state index contributed by atoms with van der Waals surface area (Å²) in [4.78, 5) is 12.8. The Morgan fingerprint density at radius 1 is 0.957 bits per heavy atom. The molecule has 118 valence electrons. The van der Waals surface area contributed by atoms with Crippen molar-refractivity contribution >= 4 is 5.78 Å². The summed E-state index contributed by atoms with van der Waals surface area (Å²) in [6.45, 7) is 0. The number of carbonyl (C=O) groups excluding carboxylic acids is 1. The highest BCUT2D eigenvalue weighted by atomic mass is 16.5. The third-order valence-electron chi connectivity index (χ3n) is 4.08. The fourth-order valence-corrected chi connectivity index (χ4v) is 2.82. The van der Waals surface area contributed by atoms with E-state index in [1.54, 1.807) is 44.6 Å². The van der Waals surface area contributed by atoms with E-state index in [0.717, 1.165) is 16.9 Å². The van der Waals surface area contributed by atoms with Crippen molar-refractivity contribution in [2.24, 2.45) is 0 Å². The van der Waals surface area contributed by atoms with Crippen LogP contribution in [0.5, 0.6) is 11.5 Å². The van der Waals surface area contributed by atoms with Gasteiger partial charge in [-0.2, -0.15) is 0 Å². The topological polar surface area (TPSA) is 55.8 Å². The Balaban J connectivity index is 1.96. The Morgan fingerprint density at radius 2 is 1.61 bits per heavy atom. The number of hydrogen-bond acceptors (Lipinski definition) is 4. The van der Waals surface area contributed by atoms with Crippen LogP contribution in [0.2, 0.25) is 0 Å². The smallest absolute Gasteiger partial charge is 0.177 e. The minimum atomic E-state index is -0.184. The molecule has 0 fully saturated rings. The van der Waals surface area contributed by atoms with Crippen molar-refractivity contribution in [2.75, 3.05) is 14.2 Å². The average molecular weight is 310 g/mol. The molecular weight excluding hydrogens is 292 g/mol. The standard InChI is InChI=1S/C19H18O4/c1-22-14-6-3-12(4-7-14)19(21)18-16-9-8-15(23-2)11-13(16)5-10-17(18)20/h3-4,6-9,11,20H,5,10H2,1-2H3. The van der Waals surface area contributed by atoms with Crippen LogP contribution in [0.4, 0.5) is 0 Å². The number of fused-ring (bicyclic) bond motifs is 1. The second-order valence-electron chi connectivity index (χ2n) is 5.40. The number of benzene rings is 2. The van der Waals surface area contributed by atoms with Crippen molar-refractivity contribution in [1.29, 1.82) is 0 Å². The Morgan fingerprint density at radius 3 is 2.26 bits per heavy atom. The molecule has 0 atom stereocenters. The number of aliphatic hydroxyl groups is 1. The van der Waals surface area contributed by atoms with Gasteiger partial charge in [0.15, 0.2) is 5.78 Å². The highest BCUT2D eigenvalue weighted by molar-refractivity contribution is 6.11. The summed E-state index contributed by atoms with van der Waals surface area (Å²) in [6, 6.07) is 12.5. The van der Waals surface area contributed by atoms with Gasteiger partial charge in [-0.15, -0.1) is 0 Å². The van der Waals surface area contributed by atoms with Gasteiger partial charge in [-0.3, -0.25) is 4.79 Å². The number of aliphatic hydroxyl groups excluding tert-OH is 1. The average Bonchev–Trinajstić information content (AvgIpc) is 2.60. The molecule has 0 aliphatic heterocycles. The predicted molar refractivity (Wildman–Crippen MR) is 86.2 cm³/mol. The number of Topliss-reactive ketones (excluding diaryl/α,β-unsaturated/α-hetero) is 1. The van der Waals surface area contributed by atoms with Gasteiger partial charge in [-0.1, -0.05) is 6.07 Å². The number of ketones is 1. The summed E-state index contributed by atoms with van der Waals surface area (Å²) in [6.07, 6.45) is 1.29. The maximum absolute atomic E-state index is 12.8. The summed E-state index contributed by atoms with van der Waals surface area (Å²) in [5.41, 5.74) is 2.31. The van der Waals surface area contributed by atoms with Gasteiger partial charge in [0.1, 0.15) is 23.5 Å². The van der Waals surface area contributed by atoms with E-state index < -0.39 is 0 Å². The van der Waals surface area contributed by atoms with Crippen LogP contribution < -0.4 is 9.47 Å². The highest BCUT2D eigenvalue weighted by Gasteiger charge is 2.36. The quantitative estimate of drug-likeness (QED) is 0.880. The monoisotopic (exact) mass is 310 g/mol.